The van der Waals surface area contributed by atoms with Gasteiger partial charge in [0.2, 0.25) is 0 Å². The van der Waals surface area contributed by atoms with Gasteiger partial charge in [0.05, 0.1) is 12.2 Å². The van der Waals surface area contributed by atoms with E-state index in [1.165, 1.54) is 0 Å². The molecule has 1 aliphatic carbocycles. The van der Waals surface area contributed by atoms with E-state index in [1.807, 2.05) is 12.2 Å². The molecule has 0 spiro atoms. The lowest BCUT2D eigenvalue weighted by atomic mass is 9.89. The Labute approximate surface area is 243 Å². The highest BCUT2D eigenvalue weighted by Gasteiger charge is 2.39. The Morgan fingerprint density at radius 1 is 1.10 bits per heavy atom. The van der Waals surface area contributed by atoms with Crippen LogP contribution in [-0.2, 0) is 27.6 Å². The van der Waals surface area contributed by atoms with Crippen LogP contribution in [0, 0.1) is 22.0 Å². The van der Waals surface area contributed by atoms with E-state index in [0.717, 1.165) is 0 Å². The number of carbonyl (C=O) groups is 1. The summed E-state index contributed by atoms with van der Waals surface area (Å²) in [5, 5.41) is 41.2. The van der Waals surface area contributed by atoms with E-state index in [9.17, 15) is 30.2 Å². The number of hydrogen-bond donors (Lipinski definition) is 3. The first kappa shape index (κ1) is 32.1. The number of carbonyl (C=O) groups excluding carboxylic acids is 1. The monoisotopic (exact) mass is 589 g/mol. The largest absolute Gasteiger partial charge is 0.491 e. The highest BCUT2D eigenvalue weighted by Crippen LogP contribution is 2.36. The van der Waals surface area contributed by atoms with Crippen LogP contribution in [0.1, 0.15) is 43.2 Å². The quantitative estimate of drug-likeness (QED) is 0.0842. The average molecular weight is 590 g/mol. The number of aliphatic hydroxyl groups excluding tert-OH is 3. The second kappa shape index (κ2) is 16.7. The molecule has 11 heteroatoms. The summed E-state index contributed by atoms with van der Waals surface area (Å²) in [4.78, 5) is 26.8. The van der Waals surface area contributed by atoms with Crippen LogP contribution >= 0.6 is 11.6 Å². The van der Waals surface area contributed by atoms with Crippen molar-refractivity contribution in [2.45, 2.75) is 63.6 Å². The number of ether oxygens (including phenoxy) is 2. The predicted octanol–water partition coefficient (Wildman–Crippen LogP) is 4.56. The second-order valence-electron chi connectivity index (χ2n) is 9.91. The van der Waals surface area contributed by atoms with Crippen LogP contribution in [-0.4, -0.2) is 51.3 Å². The van der Waals surface area contributed by atoms with Crippen LogP contribution in [0.25, 0.3) is 0 Å². The molecule has 1 saturated carbocycles. The summed E-state index contributed by atoms with van der Waals surface area (Å²) < 4.78 is 10.8. The average Bonchev–Trinajstić information content (AvgIpc) is 3.21. The molecule has 0 radical (unpaired) electrons. The van der Waals surface area contributed by atoms with E-state index in [0.29, 0.717) is 41.2 Å². The molecule has 0 heterocycles. The molecule has 3 N–H and O–H groups in total. The molecule has 0 amide bonds. The van der Waals surface area contributed by atoms with Crippen molar-refractivity contribution in [3.8, 4) is 5.75 Å². The number of unbranched alkanes of at least 4 members (excludes halogenated alkanes) is 1. The molecular formula is C30H36ClNO9. The van der Waals surface area contributed by atoms with Gasteiger partial charge < -0.3 is 29.6 Å². The minimum atomic E-state index is -0.888. The number of esters is 1. The van der Waals surface area contributed by atoms with Gasteiger partial charge >= 0.3 is 5.97 Å². The Morgan fingerprint density at radius 3 is 2.61 bits per heavy atom. The van der Waals surface area contributed by atoms with Gasteiger partial charge in [-0.2, -0.15) is 0 Å². The molecule has 41 heavy (non-hydrogen) atoms. The van der Waals surface area contributed by atoms with Crippen molar-refractivity contribution in [2.75, 3.05) is 6.61 Å². The molecule has 0 bridgehead atoms. The Morgan fingerprint density at radius 2 is 1.85 bits per heavy atom. The highest BCUT2D eigenvalue weighted by atomic mass is 35.5. The predicted molar refractivity (Wildman–Crippen MR) is 151 cm³/mol. The van der Waals surface area contributed by atoms with Gasteiger partial charge in [-0.3, -0.25) is 4.79 Å². The van der Waals surface area contributed by atoms with E-state index in [4.69, 9.17) is 21.1 Å². The van der Waals surface area contributed by atoms with Crippen molar-refractivity contribution in [2.24, 2.45) is 11.8 Å². The van der Waals surface area contributed by atoms with Crippen LogP contribution in [0.4, 0.5) is 0 Å². The Bertz CT molecular complexity index is 1190. The first-order valence-corrected chi connectivity index (χ1v) is 13.9. The van der Waals surface area contributed by atoms with Crippen molar-refractivity contribution in [1.82, 2.24) is 0 Å². The fourth-order valence-electron chi connectivity index (χ4n) is 4.66. The zero-order chi connectivity index (χ0) is 29.6. The topological polar surface area (TPSA) is 149 Å². The summed E-state index contributed by atoms with van der Waals surface area (Å²) in [5.41, 5.74) is 1.32. The van der Waals surface area contributed by atoms with E-state index >= 15 is 0 Å². The Kier molecular flexibility index (Phi) is 13.1. The van der Waals surface area contributed by atoms with Gasteiger partial charge in [0, 0.05) is 23.8 Å². The zero-order valence-corrected chi connectivity index (χ0v) is 23.3. The van der Waals surface area contributed by atoms with Crippen LogP contribution in [0.5, 0.6) is 5.75 Å². The molecular weight excluding hydrogens is 554 g/mol. The van der Waals surface area contributed by atoms with Gasteiger partial charge in [-0.05, 0) is 54.5 Å². The summed E-state index contributed by atoms with van der Waals surface area (Å²) in [6, 6.07) is 13.7. The van der Waals surface area contributed by atoms with Gasteiger partial charge in [0.15, 0.2) is 0 Å². The van der Waals surface area contributed by atoms with Crippen molar-refractivity contribution in [1.29, 1.82) is 0 Å². The maximum Gasteiger partial charge on any atom is 0.306 e. The number of allylic oxidation sites excluding steroid dienone is 2. The molecule has 10 nitrogen and oxygen atoms in total. The van der Waals surface area contributed by atoms with Gasteiger partial charge in [-0.1, -0.05) is 66.2 Å². The second-order valence-corrected chi connectivity index (χ2v) is 10.3. The molecule has 1 fully saturated rings. The van der Waals surface area contributed by atoms with Crippen LogP contribution < -0.4 is 4.74 Å². The SMILES string of the molecule is O=C(CCCC=CC[C@@H]1[C@@H](C=C[C@@H](O)COc2cccc(Cl)c2)[C@H](O)C[C@@H]1O)OCc1cccc(CO[N+](=O)[O-])c1. The number of nitrogens with zero attached hydrogens (tertiary/aromatic N) is 1. The molecule has 2 aromatic carbocycles. The first-order chi connectivity index (χ1) is 19.7. The molecule has 0 saturated heterocycles. The Balaban J connectivity index is 1.36. The minimum absolute atomic E-state index is 0.0283. The van der Waals surface area contributed by atoms with Crippen molar-refractivity contribution >= 4 is 17.6 Å². The molecule has 222 valence electrons. The fourth-order valence-corrected chi connectivity index (χ4v) is 4.85. The van der Waals surface area contributed by atoms with Crippen LogP contribution in [0.2, 0.25) is 5.02 Å². The fraction of sp³-hybridized carbons (Fsp3) is 0.433. The van der Waals surface area contributed by atoms with E-state index in [1.54, 1.807) is 60.7 Å². The third-order valence-corrected chi connectivity index (χ3v) is 6.98. The normalized spacial score (nSPS) is 21.3. The van der Waals surface area contributed by atoms with Crippen molar-refractivity contribution in [3.05, 3.63) is 99.1 Å². The number of rotatable bonds is 16. The van der Waals surface area contributed by atoms with Crippen molar-refractivity contribution in [3.63, 3.8) is 0 Å². The summed E-state index contributed by atoms with van der Waals surface area (Å²) in [7, 11) is 0. The van der Waals surface area contributed by atoms with E-state index < -0.39 is 23.4 Å². The van der Waals surface area contributed by atoms with Crippen LogP contribution in [0.15, 0.2) is 72.8 Å². The van der Waals surface area contributed by atoms with Crippen molar-refractivity contribution < 1.29 is 39.5 Å². The number of benzene rings is 2. The first-order valence-electron chi connectivity index (χ1n) is 13.5. The Hall–Kier alpha value is -3.44. The molecule has 2 aromatic rings. The maximum atomic E-state index is 12.1. The van der Waals surface area contributed by atoms with Crippen LogP contribution in [0.3, 0.4) is 0 Å². The van der Waals surface area contributed by atoms with E-state index in [-0.39, 0.29) is 50.5 Å². The molecule has 0 unspecified atom stereocenters. The number of hydrogen-bond acceptors (Lipinski definition) is 9. The summed E-state index contributed by atoms with van der Waals surface area (Å²) >= 11 is 5.94. The molecule has 1 aliphatic rings. The third kappa shape index (κ3) is 11.5. The molecule has 5 atom stereocenters. The zero-order valence-electron chi connectivity index (χ0n) is 22.6. The van der Waals surface area contributed by atoms with Gasteiger partial charge in [0.25, 0.3) is 5.09 Å². The lowest BCUT2D eigenvalue weighted by Gasteiger charge is -2.19. The third-order valence-electron chi connectivity index (χ3n) is 6.74. The lowest BCUT2D eigenvalue weighted by molar-refractivity contribution is -0.763. The molecule has 0 aliphatic heterocycles. The van der Waals surface area contributed by atoms with E-state index in [2.05, 4.69) is 4.84 Å². The smallest absolute Gasteiger partial charge is 0.306 e. The highest BCUT2D eigenvalue weighted by molar-refractivity contribution is 6.30. The van der Waals surface area contributed by atoms with Gasteiger partial charge in [-0.15, -0.1) is 10.1 Å². The lowest BCUT2D eigenvalue weighted by Crippen LogP contribution is -2.21. The standard InChI is InChI=1S/C30H36ClNO9/c31-23-9-6-10-25(16-23)39-20-24(33)13-14-27-26(28(34)17-29(27)35)11-3-1-2-4-12-30(36)40-18-21-7-5-8-22(15-21)19-41-32(37)38/h1,3,5-10,13-16,24,26-29,33-35H,2,4,11-12,17-20H2/t24-,26-,27-,28+,29-/m1/s1. The number of halogens is 1. The summed E-state index contributed by atoms with van der Waals surface area (Å²) in [5.74, 6) is -0.307. The molecule has 3 rings (SSSR count). The minimum Gasteiger partial charge on any atom is -0.491 e. The maximum absolute atomic E-state index is 12.1. The number of aliphatic hydroxyl groups is 3. The summed E-state index contributed by atoms with van der Waals surface area (Å²) in [6.45, 7) is -0.0730. The molecule has 0 aromatic heterocycles. The van der Waals surface area contributed by atoms with Gasteiger partial charge in [0.1, 0.15) is 31.7 Å². The van der Waals surface area contributed by atoms with Gasteiger partial charge in [-0.25, -0.2) is 0 Å². The summed E-state index contributed by atoms with van der Waals surface area (Å²) in [6.07, 6.45) is 7.22.